The predicted molar refractivity (Wildman–Crippen MR) is 100 cm³/mol. The Balaban J connectivity index is 0.000000487. The molecule has 26 heavy (non-hydrogen) atoms. The fourth-order valence-corrected chi connectivity index (χ4v) is 2.37. The second-order valence-corrected chi connectivity index (χ2v) is 5.95. The summed E-state index contributed by atoms with van der Waals surface area (Å²) in [6.45, 7) is 4.51. The third-order valence-corrected chi connectivity index (χ3v) is 3.78. The van der Waals surface area contributed by atoms with E-state index in [1.807, 2.05) is 4.57 Å². The average Bonchev–Trinajstić information content (AvgIpc) is 2.99. The van der Waals surface area contributed by atoms with Crippen LogP contribution in [0.1, 0.15) is 44.5 Å². The molecule has 1 aromatic heterocycles. The lowest BCUT2D eigenvalue weighted by Gasteiger charge is -2.07. The lowest BCUT2D eigenvalue weighted by Crippen LogP contribution is -2.04. The van der Waals surface area contributed by atoms with E-state index in [2.05, 4.69) is 16.6 Å². The number of nitrogens with zero attached hydrogens (tertiary/aromatic N) is 3. The van der Waals surface area contributed by atoms with Gasteiger partial charge in [-0.2, -0.15) is 0 Å². The molecule has 8 heteroatoms. The van der Waals surface area contributed by atoms with Gasteiger partial charge in [-0.1, -0.05) is 44.0 Å². The number of aryl methyl sites for hydroxylation is 1. The summed E-state index contributed by atoms with van der Waals surface area (Å²) in [6, 6.07) is 6.55. The van der Waals surface area contributed by atoms with Gasteiger partial charge in [0.25, 0.3) is 5.69 Å². The van der Waals surface area contributed by atoms with E-state index >= 15 is 0 Å². The van der Waals surface area contributed by atoms with E-state index in [9.17, 15) is 14.9 Å². The summed E-state index contributed by atoms with van der Waals surface area (Å²) in [7, 11) is 1.38. The normalized spacial score (nSPS) is 10.0. The summed E-state index contributed by atoms with van der Waals surface area (Å²) in [5.74, 6) is 0.796. The van der Waals surface area contributed by atoms with Crippen LogP contribution in [-0.4, -0.2) is 27.6 Å². The standard InChI is InChI=1S/C14H16ClN3O2.C4H8O2/c1-2-3-4-14-16-13(15)10-17(14)9-11-5-7-12(8-6-11)18(19)20;1-3-4(5)6-2/h5-8,10H,2-4,9H2,1H3;3H2,1-2H3. The SMILES string of the molecule is CCC(=O)OC.CCCCc1nc(Cl)cn1Cc1ccc([N+](=O)[O-])cc1. The van der Waals surface area contributed by atoms with Crippen LogP contribution < -0.4 is 0 Å². The molecule has 0 N–H and O–H groups in total. The van der Waals surface area contributed by atoms with Crippen LogP contribution in [0.25, 0.3) is 0 Å². The highest BCUT2D eigenvalue weighted by molar-refractivity contribution is 6.29. The highest BCUT2D eigenvalue weighted by atomic mass is 35.5. The molecular weight excluding hydrogens is 358 g/mol. The number of esters is 1. The first-order valence-electron chi connectivity index (χ1n) is 8.42. The van der Waals surface area contributed by atoms with Crippen molar-refractivity contribution in [2.75, 3.05) is 7.11 Å². The summed E-state index contributed by atoms with van der Waals surface area (Å²) in [5.41, 5.74) is 1.09. The first-order chi connectivity index (χ1) is 12.4. The van der Waals surface area contributed by atoms with Crippen LogP contribution in [0, 0.1) is 10.1 Å². The average molecular weight is 382 g/mol. The van der Waals surface area contributed by atoms with E-state index in [0.29, 0.717) is 18.1 Å². The van der Waals surface area contributed by atoms with Crippen molar-refractivity contribution in [3.63, 3.8) is 0 Å². The number of rotatable bonds is 7. The predicted octanol–water partition coefficient (Wildman–Crippen LogP) is 4.41. The van der Waals surface area contributed by atoms with Crippen molar-refractivity contribution in [3.8, 4) is 0 Å². The zero-order valence-electron chi connectivity index (χ0n) is 15.3. The van der Waals surface area contributed by atoms with Crippen molar-refractivity contribution in [1.29, 1.82) is 0 Å². The number of non-ortho nitro benzene ring substituents is 1. The van der Waals surface area contributed by atoms with Crippen molar-refractivity contribution in [2.45, 2.75) is 46.1 Å². The molecule has 0 aliphatic rings. The number of nitro benzene ring substituents is 1. The maximum absolute atomic E-state index is 10.6. The topological polar surface area (TPSA) is 87.3 Å². The number of hydrogen-bond donors (Lipinski definition) is 0. The first-order valence-corrected chi connectivity index (χ1v) is 8.80. The van der Waals surface area contributed by atoms with E-state index in [1.54, 1.807) is 25.3 Å². The Morgan fingerprint density at radius 1 is 1.31 bits per heavy atom. The molecule has 0 saturated carbocycles. The van der Waals surface area contributed by atoms with Gasteiger partial charge < -0.3 is 9.30 Å². The lowest BCUT2D eigenvalue weighted by molar-refractivity contribution is -0.384. The number of aromatic nitrogens is 2. The van der Waals surface area contributed by atoms with Gasteiger partial charge in [0.05, 0.1) is 12.0 Å². The van der Waals surface area contributed by atoms with Crippen molar-refractivity contribution in [3.05, 3.63) is 57.1 Å². The molecule has 0 aliphatic heterocycles. The van der Waals surface area contributed by atoms with Gasteiger partial charge in [0.2, 0.25) is 0 Å². The molecule has 2 aromatic rings. The van der Waals surface area contributed by atoms with Gasteiger partial charge in [0.15, 0.2) is 0 Å². The number of unbranched alkanes of at least 4 members (excludes halogenated alkanes) is 1. The van der Waals surface area contributed by atoms with Crippen LogP contribution in [0.3, 0.4) is 0 Å². The smallest absolute Gasteiger partial charge is 0.305 e. The third-order valence-electron chi connectivity index (χ3n) is 3.60. The minimum Gasteiger partial charge on any atom is -0.469 e. The number of imidazole rings is 1. The van der Waals surface area contributed by atoms with Gasteiger partial charge in [0, 0.05) is 37.7 Å². The molecule has 7 nitrogen and oxygen atoms in total. The Hall–Kier alpha value is -2.41. The van der Waals surface area contributed by atoms with Gasteiger partial charge in [-0.05, 0) is 12.0 Å². The molecule has 0 aliphatic carbocycles. The molecule has 1 aromatic carbocycles. The monoisotopic (exact) mass is 381 g/mol. The summed E-state index contributed by atoms with van der Waals surface area (Å²) < 4.78 is 6.26. The Bertz CT molecular complexity index is 708. The number of carbonyl (C=O) groups excluding carboxylic acids is 1. The Morgan fingerprint density at radius 3 is 2.42 bits per heavy atom. The Labute approximate surface area is 158 Å². The first kappa shape index (κ1) is 21.6. The van der Waals surface area contributed by atoms with Crippen molar-refractivity contribution in [2.24, 2.45) is 0 Å². The maximum Gasteiger partial charge on any atom is 0.305 e. The molecule has 1 heterocycles. The number of benzene rings is 1. The molecule has 0 spiro atoms. The molecular formula is C18H24ClN3O4. The molecule has 0 fully saturated rings. The van der Waals surface area contributed by atoms with E-state index in [0.717, 1.165) is 30.7 Å². The number of carbonyl (C=O) groups is 1. The van der Waals surface area contributed by atoms with Crippen LogP contribution in [0.15, 0.2) is 30.5 Å². The number of hydrogen-bond acceptors (Lipinski definition) is 5. The summed E-state index contributed by atoms with van der Waals surface area (Å²) in [5, 5.41) is 11.1. The molecule has 0 bridgehead atoms. The van der Waals surface area contributed by atoms with Crippen LogP contribution in [0.4, 0.5) is 5.69 Å². The van der Waals surface area contributed by atoms with E-state index in [4.69, 9.17) is 11.6 Å². The molecule has 0 atom stereocenters. The zero-order chi connectivity index (χ0) is 19.5. The minimum absolute atomic E-state index is 0.101. The van der Waals surface area contributed by atoms with Crippen molar-refractivity contribution in [1.82, 2.24) is 9.55 Å². The number of methoxy groups -OCH3 is 1. The fraction of sp³-hybridized carbons (Fsp3) is 0.444. The molecule has 142 valence electrons. The van der Waals surface area contributed by atoms with Crippen molar-refractivity contribution < 1.29 is 14.5 Å². The molecule has 0 unspecified atom stereocenters. The van der Waals surface area contributed by atoms with Crippen LogP contribution in [-0.2, 0) is 22.5 Å². The highest BCUT2D eigenvalue weighted by Gasteiger charge is 2.08. The van der Waals surface area contributed by atoms with Gasteiger partial charge in [-0.3, -0.25) is 14.9 Å². The number of ether oxygens (including phenoxy) is 1. The van der Waals surface area contributed by atoms with Crippen LogP contribution in [0.2, 0.25) is 5.15 Å². The zero-order valence-corrected chi connectivity index (χ0v) is 16.0. The Kier molecular flexibility index (Phi) is 9.36. The van der Waals surface area contributed by atoms with Gasteiger partial charge in [0.1, 0.15) is 11.0 Å². The quantitative estimate of drug-likeness (QED) is 0.403. The number of halogens is 1. The lowest BCUT2D eigenvalue weighted by atomic mass is 10.2. The minimum atomic E-state index is -0.398. The molecule has 2 rings (SSSR count). The van der Waals surface area contributed by atoms with Crippen LogP contribution in [0.5, 0.6) is 0 Å². The van der Waals surface area contributed by atoms with Gasteiger partial charge in [-0.15, -0.1) is 0 Å². The molecule has 0 radical (unpaired) electrons. The summed E-state index contributed by atoms with van der Waals surface area (Å²) in [6.07, 6.45) is 5.32. The largest absolute Gasteiger partial charge is 0.469 e. The maximum atomic E-state index is 10.6. The number of nitro groups is 1. The second-order valence-electron chi connectivity index (χ2n) is 5.56. The highest BCUT2D eigenvalue weighted by Crippen LogP contribution is 2.16. The van der Waals surface area contributed by atoms with Crippen LogP contribution >= 0.6 is 11.6 Å². The van der Waals surface area contributed by atoms with Gasteiger partial charge >= 0.3 is 5.97 Å². The molecule has 0 amide bonds. The van der Waals surface area contributed by atoms with Crippen molar-refractivity contribution >= 4 is 23.3 Å². The fourth-order valence-electron chi connectivity index (χ4n) is 2.15. The van der Waals surface area contributed by atoms with E-state index in [-0.39, 0.29) is 11.7 Å². The third kappa shape index (κ3) is 7.23. The molecule has 0 saturated heterocycles. The second kappa shape index (κ2) is 11.3. The summed E-state index contributed by atoms with van der Waals surface area (Å²) in [4.78, 5) is 24.5. The summed E-state index contributed by atoms with van der Waals surface area (Å²) >= 11 is 5.96. The Morgan fingerprint density at radius 2 is 1.96 bits per heavy atom. The van der Waals surface area contributed by atoms with E-state index in [1.165, 1.54) is 19.2 Å². The van der Waals surface area contributed by atoms with E-state index < -0.39 is 4.92 Å². The van der Waals surface area contributed by atoms with Gasteiger partial charge in [-0.25, -0.2) is 4.98 Å².